The van der Waals surface area contributed by atoms with Crippen LogP contribution in [0, 0.1) is 12.8 Å². The predicted molar refractivity (Wildman–Crippen MR) is 121 cm³/mol. The van der Waals surface area contributed by atoms with E-state index < -0.39 is 0 Å². The first-order chi connectivity index (χ1) is 15.1. The van der Waals surface area contributed by atoms with Gasteiger partial charge in [-0.1, -0.05) is 12.1 Å². The lowest BCUT2D eigenvalue weighted by Crippen LogP contribution is -2.26. The highest BCUT2D eigenvalue weighted by atomic mass is 16.5. The van der Waals surface area contributed by atoms with Crippen LogP contribution < -0.4 is 16.0 Å². The first kappa shape index (κ1) is 19.8. The first-order valence-electron chi connectivity index (χ1n) is 10.9. The van der Waals surface area contributed by atoms with Gasteiger partial charge in [-0.3, -0.25) is 4.79 Å². The van der Waals surface area contributed by atoms with E-state index >= 15 is 0 Å². The molecule has 2 aromatic heterocycles. The molecule has 0 radical (unpaired) electrons. The molecule has 8 nitrogen and oxygen atoms in total. The van der Waals surface area contributed by atoms with Crippen LogP contribution in [0.25, 0.3) is 16.8 Å². The van der Waals surface area contributed by atoms with Crippen LogP contribution >= 0.6 is 0 Å². The quantitative estimate of drug-likeness (QED) is 0.544. The van der Waals surface area contributed by atoms with E-state index in [9.17, 15) is 4.79 Å². The zero-order valence-electron chi connectivity index (χ0n) is 17.9. The summed E-state index contributed by atoms with van der Waals surface area (Å²) in [4.78, 5) is 17.2. The summed E-state index contributed by atoms with van der Waals surface area (Å²) >= 11 is 0. The van der Waals surface area contributed by atoms with Crippen molar-refractivity contribution in [2.75, 3.05) is 37.4 Å². The maximum atomic E-state index is 12.5. The van der Waals surface area contributed by atoms with Crippen LogP contribution in [0.15, 0.2) is 30.5 Å². The minimum absolute atomic E-state index is 0.00406. The second-order valence-electron chi connectivity index (χ2n) is 8.46. The fourth-order valence-corrected chi connectivity index (χ4v) is 3.99. The Labute approximate surface area is 181 Å². The Morgan fingerprint density at radius 3 is 2.84 bits per heavy atom. The van der Waals surface area contributed by atoms with Crippen molar-refractivity contribution in [3.63, 3.8) is 0 Å². The number of hydrogen-bond acceptors (Lipinski definition) is 6. The molecule has 162 valence electrons. The molecule has 0 spiro atoms. The van der Waals surface area contributed by atoms with Crippen molar-refractivity contribution in [2.24, 2.45) is 5.92 Å². The molecule has 1 amide bonds. The lowest BCUT2D eigenvalue weighted by Gasteiger charge is -2.13. The number of nitrogens with zero attached hydrogens (tertiary/aromatic N) is 3. The Balaban J connectivity index is 1.46. The average Bonchev–Trinajstić information content (AvgIpc) is 3.26. The van der Waals surface area contributed by atoms with Crippen molar-refractivity contribution < 1.29 is 9.53 Å². The highest BCUT2D eigenvalue weighted by molar-refractivity contribution is 5.97. The largest absolute Gasteiger partial charge is 0.381 e. The van der Waals surface area contributed by atoms with Gasteiger partial charge in [-0.15, -0.1) is 0 Å². The van der Waals surface area contributed by atoms with Gasteiger partial charge in [-0.2, -0.15) is 9.61 Å². The topological polar surface area (TPSA) is 92.6 Å². The smallest absolute Gasteiger partial charge is 0.251 e. The third kappa shape index (κ3) is 4.07. The summed E-state index contributed by atoms with van der Waals surface area (Å²) in [5.74, 6) is 2.18. The number of aryl methyl sites for hydroxylation is 1. The van der Waals surface area contributed by atoms with Gasteiger partial charge in [0.05, 0.1) is 12.8 Å². The zero-order valence-corrected chi connectivity index (χ0v) is 17.9. The van der Waals surface area contributed by atoms with Gasteiger partial charge >= 0.3 is 0 Å². The van der Waals surface area contributed by atoms with Crippen LogP contribution in [-0.2, 0) is 4.74 Å². The summed E-state index contributed by atoms with van der Waals surface area (Å²) in [6.45, 7) is 4.44. The van der Waals surface area contributed by atoms with Crippen molar-refractivity contribution in [2.45, 2.75) is 32.2 Å². The van der Waals surface area contributed by atoms with Gasteiger partial charge < -0.3 is 20.7 Å². The summed E-state index contributed by atoms with van der Waals surface area (Å²) in [5.41, 5.74) is 4.36. The summed E-state index contributed by atoms with van der Waals surface area (Å²) in [6, 6.07) is 8.22. The predicted octanol–water partition coefficient (Wildman–Crippen LogP) is 3.09. The average molecular weight is 421 g/mol. The molecule has 1 aliphatic heterocycles. The maximum absolute atomic E-state index is 12.5. The van der Waals surface area contributed by atoms with Crippen molar-refractivity contribution in [3.8, 4) is 11.1 Å². The molecule has 0 bridgehead atoms. The van der Waals surface area contributed by atoms with Crippen molar-refractivity contribution >= 4 is 23.2 Å². The molecule has 1 aliphatic carbocycles. The number of anilines is 2. The third-order valence-corrected chi connectivity index (χ3v) is 6.02. The van der Waals surface area contributed by atoms with E-state index in [4.69, 9.17) is 9.72 Å². The number of rotatable bonds is 7. The number of fused-ring (bicyclic) bond motifs is 1. The number of aromatic nitrogens is 3. The van der Waals surface area contributed by atoms with Crippen molar-refractivity contribution in [3.05, 3.63) is 41.6 Å². The molecule has 2 aliphatic rings. The normalized spacial score (nSPS) is 18.3. The van der Waals surface area contributed by atoms with Gasteiger partial charge in [0, 0.05) is 49.4 Å². The highest BCUT2D eigenvalue weighted by Crippen LogP contribution is 2.29. The van der Waals surface area contributed by atoms with Gasteiger partial charge in [0.25, 0.3) is 5.91 Å². The summed E-state index contributed by atoms with van der Waals surface area (Å²) in [6.07, 6.45) is 5.07. The number of benzene rings is 1. The van der Waals surface area contributed by atoms with Gasteiger partial charge in [0.2, 0.25) is 0 Å². The standard InChI is InChI=1S/C23H28N6O2/c1-14-9-16(3-6-18(14)23(30)27-17-4-5-17)19-12-26-29-21(10-20(24-2)28-22(19)29)25-11-15-7-8-31-13-15/h3,6,9-10,12,15,17,25H,4-5,7-8,11,13H2,1-2H3,(H,24,28)(H,27,30)/t15-/m0/s1. The second kappa shape index (κ2) is 8.19. The Morgan fingerprint density at radius 2 is 2.13 bits per heavy atom. The van der Waals surface area contributed by atoms with E-state index in [0.717, 1.165) is 78.6 Å². The fourth-order valence-electron chi connectivity index (χ4n) is 3.99. The number of carbonyl (C=O) groups excluding carboxylic acids is 1. The lowest BCUT2D eigenvalue weighted by atomic mass is 10.0. The van der Waals surface area contributed by atoms with E-state index in [0.29, 0.717) is 12.0 Å². The third-order valence-electron chi connectivity index (χ3n) is 6.02. The number of amides is 1. The molecule has 1 aromatic carbocycles. The van der Waals surface area contributed by atoms with Gasteiger partial charge in [0.15, 0.2) is 5.65 Å². The molecule has 31 heavy (non-hydrogen) atoms. The van der Waals surface area contributed by atoms with E-state index in [-0.39, 0.29) is 5.91 Å². The Kier molecular flexibility index (Phi) is 5.23. The molecule has 1 atom stereocenters. The molecule has 0 unspecified atom stereocenters. The summed E-state index contributed by atoms with van der Waals surface area (Å²) in [5, 5.41) is 14.3. The fraction of sp³-hybridized carbons (Fsp3) is 0.435. The number of hydrogen-bond donors (Lipinski definition) is 3. The molecule has 3 aromatic rings. The highest BCUT2D eigenvalue weighted by Gasteiger charge is 2.24. The molecular formula is C23H28N6O2. The van der Waals surface area contributed by atoms with Crippen molar-refractivity contribution in [1.82, 2.24) is 19.9 Å². The second-order valence-corrected chi connectivity index (χ2v) is 8.46. The number of carbonyl (C=O) groups is 1. The number of ether oxygens (including phenoxy) is 1. The summed E-state index contributed by atoms with van der Waals surface area (Å²) in [7, 11) is 1.86. The monoisotopic (exact) mass is 420 g/mol. The van der Waals surface area contributed by atoms with Crippen LogP contribution in [0.1, 0.15) is 35.2 Å². The molecule has 5 rings (SSSR count). The van der Waals surface area contributed by atoms with E-state index in [1.54, 1.807) is 0 Å². The van der Waals surface area contributed by atoms with E-state index in [2.05, 4.69) is 21.0 Å². The molecular weight excluding hydrogens is 392 g/mol. The molecule has 1 saturated heterocycles. The minimum Gasteiger partial charge on any atom is -0.381 e. The first-order valence-corrected chi connectivity index (χ1v) is 10.9. The minimum atomic E-state index is 0.00406. The molecule has 3 heterocycles. The van der Waals surface area contributed by atoms with E-state index in [1.807, 2.05) is 48.9 Å². The van der Waals surface area contributed by atoms with Gasteiger partial charge in [-0.05, 0) is 43.4 Å². The molecule has 2 fully saturated rings. The molecule has 1 saturated carbocycles. The van der Waals surface area contributed by atoms with E-state index in [1.165, 1.54) is 0 Å². The maximum Gasteiger partial charge on any atom is 0.251 e. The summed E-state index contributed by atoms with van der Waals surface area (Å²) < 4.78 is 7.33. The van der Waals surface area contributed by atoms with Crippen LogP contribution in [0.5, 0.6) is 0 Å². The van der Waals surface area contributed by atoms with Gasteiger partial charge in [-0.25, -0.2) is 4.98 Å². The van der Waals surface area contributed by atoms with Crippen LogP contribution in [-0.4, -0.2) is 53.4 Å². The molecule has 8 heteroatoms. The van der Waals surface area contributed by atoms with Gasteiger partial charge in [0.1, 0.15) is 11.6 Å². The van der Waals surface area contributed by atoms with Crippen LogP contribution in [0.3, 0.4) is 0 Å². The van der Waals surface area contributed by atoms with Crippen LogP contribution in [0.4, 0.5) is 11.6 Å². The zero-order chi connectivity index (χ0) is 21.4. The molecule has 3 N–H and O–H groups in total. The van der Waals surface area contributed by atoms with Crippen molar-refractivity contribution in [1.29, 1.82) is 0 Å². The Bertz CT molecular complexity index is 1110. The Morgan fingerprint density at radius 1 is 1.26 bits per heavy atom. The SMILES string of the molecule is CNc1cc(NC[C@@H]2CCOC2)n2ncc(-c3ccc(C(=O)NC4CC4)c(C)c3)c2n1. The lowest BCUT2D eigenvalue weighted by molar-refractivity contribution is 0.0950. The Hall–Kier alpha value is -3.13. The van der Waals surface area contributed by atoms with Crippen LogP contribution in [0.2, 0.25) is 0 Å². The number of nitrogens with one attached hydrogen (secondary N) is 3.